The van der Waals surface area contributed by atoms with Gasteiger partial charge in [-0.25, -0.2) is 0 Å². The molecule has 3 nitrogen and oxygen atoms in total. The molecule has 13 rings (SSSR count). The van der Waals surface area contributed by atoms with Gasteiger partial charge in [0, 0.05) is 33.5 Å². The van der Waals surface area contributed by atoms with Crippen LogP contribution in [0, 0.1) is 41.7 Å². The summed E-state index contributed by atoms with van der Waals surface area (Å²) in [6, 6.07) is 73.4. The molecule has 3 heterocycles. The number of hydrogen-bond acceptors (Lipinski definition) is 2. The number of hydrogen-bond donors (Lipinski definition) is 0. The quantitative estimate of drug-likeness (QED) is 0.165. The van der Waals surface area contributed by atoms with Gasteiger partial charge < -0.3 is 14.2 Å². The zero-order chi connectivity index (χ0) is 37.9. The lowest BCUT2D eigenvalue weighted by molar-refractivity contribution is 0.487. The van der Waals surface area contributed by atoms with E-state index in [1.165, 1.54) is 85.6 Å². The summed E-state index contributed by atoms with van der Waals surface area (Å²) in [5, 5.41) is 12.3. The summed E-state index contributed by atoms with van der Waals surface area (Å²) in [6.07, 6.45) is 0. The first kappa shape index (κ1) is 31.6. The van der Waals surface area contributed by atoms with E-state index in [-0.39, 0.29) is 6.71 Å². The minimum absolute atomic E-state index is 0.0841. The van der Waals surface area contributed by atoms with E-state index in [0.29, 0.717) is 0 Å². The zero-order valence-corrected chi connectivity index (χ0v) is 31.4. The Balaban J connectivity index is 1.15. The van der Waals surface area contributed by atoms with Gasteiger partial charge in [-0.05, 0) is 119 Å². The van der Waals surface area contributed by atoms with Crippen LogP contribution < -0.4 is 26.0 Å². The van der Waals surface area contributed by atoms with Crippen LogP contribution in [-0.2, 0) is 0 Å². The lowest BCUT2D eigenvalue weighted by Crippen LogP contribution is -2.59. The van der Waals surface area contributed by atoms with Crippen LogP contribution in [0.25, 0.3) is 27.5 Å². The average Bonchev–Trinajstić information content (AvgIpc) is 3.62. The molecular weight excluding hydrogens is 703 g/mol. The fourth-order valence-corrected chi connectivity index (χ4v) is 10.2. The van der Waals surface area contributed by atoms with Crippen LogP contribution in [0.1, 0.15) is 0 Å². The molecule has 0 saturated carbocycles. The molecule has 268 valence electrons. The second-order valence-corrected chi connectivity index (χ2v) is 15.6. The van der Waals surface area contributed by atoms with Crippen LogP contribution >= 0.6 is 0 Å². The lowest BCUT2D eigenvalue weighted by Gasteiger charge is -2.39. The predicted octanol–water partition coefficient (Wildman–Crippen LogP) is 10.7. The Kier molecular flexibility index (Phi) is 6.53. The third-order valence-corrected chi connectivity index (χ3v) is 12.6. The Morgan fingerprint density at radius 3 is 1.52 bits per heavy atom. The lowest BCUT2D eigenvalue weighted by atomic mass is 9.34. The summed E-state index contributed by atoms with van der Waals surface area (Å²) in [4.78, 5) is 2.45. The van der Waals surface area contributed by atoms with Crippen molar-refractivity contribution in [2.45, 2.75) is 0 Å². The van der Waals surface area contributed by atoms with Crippen molar-refractivity contribution in [2.24, 2.45) is 0 Å². The van der Waals surface area contributed by atoms with Crippen LogP contribution in [0.15, 0.2) is 200 Å². The van der Waals surface area contributed by atoms with Crippen molar-refractivity contribution in [1.82, 2.24) is 4.57 Å². The zero-order valence-electron chi connectivity index (χ0n) is 31.4. The summed E-state index contributed by atoms with van der Waals surface area (Å²) in [5.74, 6) is 1.85. The van der Waals surface area contributed by atoms with E-state index in [4.69, 9.17) is 4.74 Å². The summed E-state index contributed by atoms with van der Waals surface area (Å²) >= 11 is 0. The molecule has 0 saturated heterocycles. The van der Waals surface area contributed by atoms with Crippen molar-refractivity contribution in [3.05, 3.63) is 242 Å². The molecule has 4 heteroatoms. The smallest absolute Gasteiger partial charge is 0.256 e. The minimum Gasteiger partial charge on any atom is -0.458 e. The molecule has 1 aliphatic carbocycles. The molecule has 1 aromatic heterocycles. The molecule has 0 atom stereocenters. The van der Waals surface area contributed by atoms with Crippen molar-refractivity contribution in [1.29, 1.82) is 0 Å². The molecule has 0 fully saturated rings. The Morgan fingerprint density at radius 1 is 0.345 bits per heavy atom. The number of fused-ring (bicyclic) bond motifs is 11. The first-order valence-electron chi connectivity index (χ1n) is 20.1. The third-order valence-electron chi connectivity index (χ3n) is 12.6. The highest BCUT2D eigenvalue weighted by atomic mass is 16.5. The molecule has 0 spiro atoms. The maximum absolute atomic E-state index is 6.62. The summed E-state index contributed by atoms with van der Waals surface area (Å²) < 4.78 is 9.04. The molecular formula is C54H33BN2O. The molecule has 0 bridgehead atoms. The van der Waals surface area contributed by atoms with E-state index in [9.17, 15) is 0 Å². The van der Waals surface area contributed by atoms with Gasteiger partial charge in [0.25, 0.3) is 6.71 Å². The van der Waals surface area contributed by atoms with Gasteiger partial charge in [-0.15, -0.1) is 0 Å². The first-order valence-corrected chi connectivity index (χ1v) is 20.1. The Hall–Kier alpha value is -7.56. The number of nitrogens with zero attached hydrogens (tertiary/aromatic N) is 2. The third kappa shape index (κ3) is 4.34. The molecule has 2 aliphatic heterocycles. The van der Waals surface area contributed by atoms with Gasteiger partial charge in [-0.3, -0.25) is 0 Å². The van der Waals surface area contributed by atoms with E-state index in [2.05, 4.69) is 210 Å². The molecule has 58 heavy (non-hydrogen) atoms. The van der Waals surface area contributed by atoms with Crippen molar-refractivity contribution in [2.75, 3.05) is 4.90 Å². The van der Waals surface area contributed by atoms with Crippen molar-refractivity contribution in [3.8, 4) is 17.2 Å². The monoisotopic (exact) mass is 736 g/mol. The van der Waals surface area contributed by atoms with Gasteiger partial charge in [-0.1, -0.05) is 140 Å². The second-order valence-electron chi connectivity index (χ2n) is 15.6. The normalized spacial score (nSPS) is 12.9. The highest BCUT2D eigenvalue weighted by Gasteiger charge is 2.41. The number of aromatic nitrogens is 1. The fourth-order valence-electron chi connectivity index (χ4n) is 10.2. The van der Waals surface area contributed by atoms with E-state index < -0.39 is 0 Å². The first-order chi connectivity index (χ1) is 28.8. The van der Waals surface area contributed by atoms with Crippen LogP contribution in [0.5, 0.6) is 11.5 Å². The minimum atomic E-state index is 0.0841. The predicted molar refractivity (Wildman–Crippen MR) is 237 cm³/mol. The van der Waals surface area contributed by atoms with Crippen LogP contribution in [0.2, 0.25) is 0 Å². The molecule has 0 unspecified atom stereocenters. The topological polar surface area (TPSA) is 17.4 Å². The van der Waals surface area contributed by atoms with Crippen LogP contribution in [0.3, 0.4) is 0 Å². The summed E-state index contributed by atoms with van der Waals surface area (Å²) in [7, 11) is 0. The highest BCUT2D eigenvalue weighted by Crippen LogP contribution is 2.40. The Morgan fingerprint density at radius 2 is 0.828 bits per heavy atom. The van der Waals surface area contributed by atoms with E-state index in [1.54, 1.807) is 0 Å². The number of ether oxygens (including phenoxy) is 1. The molecule has 9 aromatic carbocycles. The Bertz CT molecular complexity index is 3770. The number of para-hydroxylation sites is 4. The van der Waals surface area contributed by atoms with E-state index in [0.717, 1.165) is 28.6 Å². The molecule has 10 aromatic rings. The standard InChI is InChI=1S/C54H33BN2O/c1-2-15-37-36(14-1)40-30-28-34(56-48-22-9-5-18-42(48)43-19-6-10-23-49(43)56)32-44(40)38-16-3-4-17-39(38)45-33-35(29-31-41(37)45)57-50-24-11-7-20-46(50)55-47-21-8-12-26-52(47)58-53-27-13-25-51(57)54(53)55/h1-33H. The maximum Gasteiger partial charge on any atom is 0.256 e. The van der Waals surface area contributed by atoms with E-state index in [1.807, 2.05) is 0 Å². The Labute approximate surface area is 334 Å². The fraction of sp³-hybridized carbons (Fsp3) is 0. The van der Waals surface area contributed by atoms with E-state index >= 15 is 0 Å². The molecule has 0 radical (unpaired) electrons. The van der Waals surface area contributed by atoms with Gasteiger partial charge in [0.1, 0.15) is 11.5 Å². The SMILES string of the molecule is c1ccc2c(c1)Oc1cccc3c1B2c1ccccc1N3c1ccc2c(c1)=c1ccccc1=c1cc(-n3c4ccccc4c4ccccc43)ccc1=c1ccccc1=2. The second kappa shape index (κ2) is 12.0. The summed E-state index contributed by atoms with van der Waals surface area (Å²) in [5.41, 5.74) is 10.7. The number of anilines is 3. The van der Waals surface area contributed by atoms with Gasteiger partial charge in [0.05, 0.1) is 11.0 Å². The number of rotatable bonds is 2. The van der Waals surface area contributed by atoms with Crippen molar-refractivity contribution < 1.29 is 4.74 Å². The van der Waals surface area contributed by atoms with Crippen LogP contribution in [0.4, 0.5) is 17.1 Å². The molecule has 0 amide bonds. The van der Waals surface area contributed by atoms with Crippen molar-refractivity contribution >= 4 is 62.0 Å². The van der Waals surface area contributed by atoms with Crippen LogP contribution in [-0.4, -0.2) is 11.3 Å². The van der Waals surface area contributed by atoms with Gasteiger partial charge in [0.2, 0.25) is 0 Å². The van der Waals surface area contributed by atoms with Gasteiger partial charge in [-0.2, -0.15) is 0 Å². The summed E-state index contributed by atoms with van der Waals surface area (Å²) in [6.45, 7) is 0.0841. The van der Waals surface area contributed by atoms with Gasteiger partial charge >= 0.3 is 0 Å². The largest absolute Gasteiger partial charge is 0.458 e. The maximum atomic E-state index is 6.62. The molecule has 3 aliphatic rings. The number of benzene rings is 9. The molecule has 0 N–H and O–H groups in total. The average molecular weight is 737 g/mol. The van der Waals surface area contributed by atoms with Gasteiger partial charge in [0.15, 0.2) is 0 Å². The van der Waals surface area contributed by atoms with Crippen molar-refractivity contribution in [3.63, 3.8) is 0 Å². The highest BCUT2D eigenvalue weighted by molar-refractivity contribution is 6.99.